The molecule has 2 aliphatic heterocycles. The zero-order valence-corrected chi connectivity index (χ0v) is 19.0. The normalized spacial score (nSPS) is 21.4. The van der Waals surface area contributed by atoms with Crippen molar-refractivity contribution in [1.29, 1.82) is 0 Å². The molecule has 2 aliphatic rings. The van der Waals surface area contributed by atoms with Gasteiger partial charge in [0.05, 0.1) is 12.6 Å². The highest BCUT2D eigenvalue weighted by atomic mass is 35.5. The first-order chi connectivity index (χ1) is 12.5. The number of alkyl halides is 2. The summed E-state index contributed by atoms with van der Waals surface area (Å²) in [7, 11) is 0. The van der Waals surface area contributed by atoms with E-state index in [1.807, 2.05) is 18.2 Å². The molecule has 0 radical (unpaired) electrons. The third-order valence-electron chi connectivity index (χ3n) is 5.30. The molecule has 10 heteroatoms. The Morgan fingerprint density at radius 1 is 1.10 bits per heavy atom. The molecule has 2 N–H and O–H groups in total. The van der Waals surface area contributed by atoms with E-state index in [-0.39, 0.29) is 43.1 Å². The van der Waals surface area contributed by atoms with Crippen LogP contribution in [0, 0.1) is 0 Å². The molecule has 3 rings (SSSR count). The Hall–Kier alpha value is -0.700. The lowest BCUT2D eigenvalue weighted by molar-refractivity contribution is -0.123. The molecule has 0 spiro atoms. The molecule has 2 fully saturated rings. The van der Waals surface area contributed by atoms with Crippen molar-refractivity contribution < 1.29 is 13.6 Å². The smallest absolute Gasteiger partial charge is 0.262 e. The van der Waals surface area contributed by atoms with Crippen LogP contribution in [0.5, 0.6) is 0 Å². The van der Waals surface area contributed by atoms with Crippen molar-refractivity contribution in [2.75, 3.05) is 39.3 Å². The number of carbonyl (C=O) groups excluding carboxylic acids is 1. The van der Waals surface area contributed by atoms with Crippen LogP contribution in [-0.2, 0) is 17.9 Å². The van der Waals surface area contributed by atoms with Crippen LogP contribution in [0.15, 0.2) is 24.3 Å². The summed E-state index contributed by atoms with van der Waals surface area (Å²) >= 11 is 0. The van der Waals surface area contributed by atoms with Crippen molar-refractivity contribution in [3.63, 3.8) is 0 Å². The molecule has 1 aromatic carbocycles. The Morgan fingerprint density at radius 3 is 2.24 bits per heavy atom. The zero-order valence-electron chi connectivity index (χ0n) is 16.5. The highest BCUT2D eigenvalue weighted by Gasteiger charge is 2.42. The number of amides is 1. The highest BCUT2D eigenvalue weighted by Crippen LogP contribution is 2.25. The summed E-state index contributed by atoms with van der Waals surface area (Å²) in [5.41, 5.74) is 2.23. The van der Waals surface area contributed by atoms with E-state index >= 15 is 0 Å². The van der Waals surface area contributed by atoms with Gasteiger partial charge in [-0.3, -0.25) is 15.0 Å². The van der Waals surface area contributed by atoms with E-state index in [1.165, 1.54) is 5.56 Å². The molecule has 0 saturated carbocycles. The maximum absolute atomic E-state index is 13.2. The molecule has 29 heavy (non-hydrogen) atoms. The molecular weight excluding hydrogens is 445 g/mol. The van der Waals surface area contributed by atoms with Crippen LogP contribution in [-0.4, -0.2) is 66.9 Å². The molecule has 1 amide bonds. The average Bonchev–Trinajstić information content (AvgIpc) is 3.01. The summed E-state index contributed by atoms with van der Waals surface area (Å²) in [4.78, 5) is 17.0. The standard InChI is InChI=1S/C19H28F2N4O.3ClH/c1-2-24-7-9-25(10-8-24)13-16-6-4-3-5-15(16)12-22-18(26)17-11-19(20,21)14-23-17;;;/h3-6,17,23H,2,7-14H2,1H3,(H,22,26);3*1H. The Kier molecular flexibility index (Phi) is 12.6. The van der Waals surface area contributed by atoms with Crippen molar-refractivity contribution >= 4 is 43.1 Å². The van der Waals surface area contributed by atoms with E-state index in [2.05, 4.69) is 33.4 Å². The maximum atomic E-state index is 13.2. The van der Waals surface area contributed by atoms with Crippen molar-refractivity contribution in [3.05, 3.63) is 35.4 Å². The van der Waals surface area contributed by atoms with Crippen molar-refractivity contribution in [3.8, 4) is 0 Å². The van der Waals surface area contributed by atoms with E-state index in [9.17, 15) is 13.6 Å². The third-order valence-corrected chi connectivity index (χ3v) is 5.30. The van der Waals surface area contributed by atoms with Gasteiger partial charge in [-0.05, 0) is 17.7 Å². The first kappa shape index (κ1) is 28.3. The van der Waals surface area contributed by atoms with E-state index in [1.54, 1.807) is 0 Å². The van der Waals surface area contributed by atoms with Gasteiger partial charge in [0.1, 0.15) is 0 Å². The van der Waals surface area contributed by atoms with E-state index in [0.717, 1.165) is 44.8 Å². The summed E-state index contributed by atoms with van der Waals surface area (Å²) in [6.45, 7) is 8.30. The number of nitrogens with zero attached hydrogens (tertiary/aromatic N) is 2. The minimum absolute atomic E-state index is 0. The average molecular weight is 476 g/mol. The maximum Gasteiger partial charge on any atom is 0.262 e. The number of carbonyl (C=O) groups is 1. The molecule has 168 valence electrons. The second-order valence-corrected chi connectivity index (χ2v) is 7.19. The predicted octanol–water partition coefficient (Wildman–Crippen LogP) is 2.70. The van der Waals surface area contributed by atoms with Gasteiger partial charge in [0.15, 0.2) is 0 Å². The number of rotatable bonds is 6. The Morgan fingerprint density at radius 2 is 1.69 bits per heavy atom. The molecule has 1 atom stereocenters. The molecule has 0 bridgehead atoms. The van der Waals surface area contributed by atoms with Gasteiger partial charge >= 0.3 is 0 Å². The molecule has 0 aliphatic carbocycles. The summed E-state index contributed by atoms with van der Waals surface area (Å²) < 4.78 is 26.5. The highest BCUT2D eigenvalue weighted by molar-refractivity contribution is 5.86. The van der Waals surface area contributed by atoms with Crippen LogP contribution in [0.3, 0.4) is 0 Å². The van der Waals surface area contributed by atoms with Crippen LogP contribution in [0.1, 0.15) is 24.5 Å². The van der Waals surface area contributed by atoms with Gasteiger partial charge in [-0.25, -0.2) is 8.78 Å². The van der Waals surface area contributed by atoms with Crippen LogP contribution < -0.4 is 10.6 Å². The molecule has 1 unspecified atom stereocenters. The van der Waals surface area contributed by atoms with Crippen LogP contribution in [0.25, 0.3) is 0 Å². The van der Waals surface area contributed by atoms with E-state index in [0.29, 0.717) is 6.54 Å². The molecular formula is C19H31Cl3F2N4O. The Bertz CT molecular complexity index is 631. The number of likely N-dealkylation sites (N-methyl/N-ethyl adjacent to an activating group) is 1. The number of nitrogens with one attached hydrogen (secondary N) is 2. The second-order valence-electron chi connectivity index (χ2n) is 7.19. The van der Waals surface area contributed by atoms with Crippen LogP contribution >= 0.6 is 37.2 Å². The number of benzene rings is 1. The summed E-state index contributed by atoms with van der Waals surface area (Å²) in [6, 6.07) is 7.22. The minimum Gasteiger partial charge on any atom is -0.351 e. The summed E-state index contributed by atoms with van der Waals surface area (Å²) in [6.07, 6.45) is -0.428. The Labute approximate surface area is 190 Å². The molecule has 5 nitrogen and oxygen atoms in total. The molecule has 2 heterocycles. The quantitative estimate of drug-likeness (QED) is 0.664. The van der Waals surface area contributed by atoms with Gasteiger partial charge < -0.3 is 10.2 Å². The molecule has 1 aromatic rings. The van der Waals surface area contributed by atoms with Gasteiger partial charge in [-0.2, -0.15) is 0 Å². The first-order valence-electron chi connectivity index (χ1n) is 9.37. The lowest BCUT2D eigenvalue weighted by Gasteiger charge is -2.34. The number of hydrogen-bond acceptors (Lipinski definition) is 4. The lowest BCUT2D eigenvalue weighted by atomic mass is 10.1. The van der Waals surface area contributed by atoms with Gasteiger partial charge in [-0.1, -0.05) is 31.2 Å². The fourth-order valence-corrected chi connectivity index (χ4v) is 3.60. The van der Waals surface area contributed by atoms with Gasteiger partial charge in [0.25, 0.3) is 5.92 Å². The monoisotopic (exact) mass is 474 g/mol. The fourth-order valence-electron chi connectivity index (χ4n) is 3.60. The number of halogens is 5. The lowest BCUT2D eigenvalue weighted by Crippen LogP contribution is -2.45. The van der Waals surface area contributed by atoms with Crippen molar-refractivity contribution in [2.24, 2.45) is 0 Å². The van der Waals surface area contributed by atoms with Crippen LogP contribution in [0.2, 0.25) is 0 Å². The summed E-state index contributed by atoms with van der Waals surface area (Å²) in [5, 5.41) is 5.41. The van der Waals surface area contributed by atoms with Crippen molar-refractivity contribution in [2.45, 2.75) is 38.4 Å². The third kappa shape index (κ3) is 8.15. The van der Waals surface area contributed by atoms with Gasteiger partial charge in [-0.15, -0.1) is 37.2 Å². The fraction of sp³-hybridized carbons (Fsp3) is 0.632. The number of piperazine rings is 1. The zero-order chi connectivity index (χ0) is 18.6. The number of hydrogen-bond donors (Lipinski definition) is 2. The van der Waals surface area contributed by atoms with E-state index in [4.69, 9.17) is 0 Å². The van der Waals surface area contributed by atoms with Gasteiger partial charge in [0, 0.05) is 45.7 Å². The second kappa shape index (κ2) is 12.9. The predicted molar refractivity (Wildman–Crippen MR) is 119 cm³/mol. The van der Waals surface area contributed by atoms with Gasteiger partial charge in [0.2, 0.25) is 5.91 Å². The molecule has 0 aromatic heterocycles. The summed E-state index contributed by atoms with van der Waals surface area (Å²) in [5.74, 6) is -3.14. The largest absolute Gasteiger partial charge is 0.351 e. The SMILES string of the molecule is CCN1CCN(Cc2ccccc2CNC(=O)C2CC(F)(F)CN2)CC1.Cl.Cl.Cl. The van der Waals surface area contributed by atoms with Crippen molar-refractivity contribution in [1.82, 2.24) is 20.4 Å². The topological polar surface area (TPSA) is 47.6 Å². The van der Waals surface area contributed by atoms with E-state index < -0.39 is 24.9 Å². The van der Waals surface area contributed by atoms with Crippen LogP contribution in [0.4, 0.5) is 8.78 Å². The molecule has 2 saturated heterocycles. The minimum atomic E-state index is -2.79. The first-order valence-corrected chi connectivity index (χ1v) is 9.37. The Balaban J connectivity index is 0.00000261.